The zero-order chi connectivity index (χ0) is 13.3. The van der Waals surface area contributed by atoms with E-state index < -0.39 is 5.79 Å². The van der Waals surface area contributed by atoms with Crippen LogP contribution in [0.3, 0.4) is 0 Å². The van der Waals surface area contributed by atoms with E-state index in [9.17, 15) is 0 Å². The van der Waals surface area contributed by atoms with Gasteiger partial charge in [-0.25, -0.2) is 0 Å². The zero-order valence-electron chi connectivity index (χ0n) is 11.6. The summed E-state index contributed by atoms with van der Waals surface area (Å²) in [6, 6.07) is 0.336. The molecule has 1 atom stereocenters. The summed E-state index contributed by atoms with van der Waals surface area (Å²) < 4.78 is 0. The lowest BCUT2D eigenvalue weighted by molar-refractivity contribution is 0.163. The van der Waals surface area contributed by atoms with Gasteiger partial charge in [0.25, 0.3) is 0 Å². The van der Waals surface area contributed by atoms with Crippen molar-refractivity contribution in [3.05, 3.63) is 11.4 Å². The molecule has 0 spiro atoms. The number of rotatable bonds is 2. The molecule has 5 heteroatoms. The fourth-order valence-corrected chi connectivity index (χ4v) is 2.82. The molecule has 2 aliphatic rings. The first kappa shape index (κ1) is 13.4. The second kappa shape index (κ2) is 4.90. The van der Waals surface area contributed by atoms with Crippen molar-refractivity contribution in [3.8, 4) is 0 Å². The second-order valence-corrected chi connectivity index (χ2v) is 5.75. The molecule has 1 heterocycles. The van der Waals surface area contributed by atoms with Crippen LogP contribution in [0.15, 0.2) is 16.4 Å². The summed E-state index contributed by atoms with van der Waals surface area (Å²) in [4.78, 5) is 6.59. The van der Waals surface area contributed by atoms with Crippen molar-refractivity contribution in [3.63, 3.8) is 0 Å². The molecule has 102 valence electrons. The van der Waals surface area contributed by atoms with Gasteiger partial charge in [-0.2, -0.15) is 0 Å². The lowest BCUT2D eigenvalue weighted by Crippen LogP contribution is -2.61. The molecule has 2 rings (SSSR count). The molecule has 0 amide bonds. The molecular weight excluding hydrogens is 226 g/mol. The minimum Gasteiger partial charge on any atom is -0.364 e. The van der Waals surface area contributed by atoms with E-state index in [2.05, 4.69) is 15.2 Å². The number of nitrogens with one attached hydrogen (secondary N) is 1. The van der Waals surface area contributed by atoms with Crippen molar-refractivity contribution in [1.82, 2.24) is 10.2 Å². The van der Waals surface area contributed by atoms with Crippen LogP contribution in [-0.4, -0.2) is 37.0 Å². The van der Waals surface area contributed by atoms with Crippen molar-refractivity contribution in [2.75, 3.05) is 14.1 Å². The first-order chi connectivity index (χ1) is 8.42. The first-order valence-corrected chi connectivity index (χ1v) is 6.68. The fourth-order valence-electron chi connectivity index (χ4n) is 2.82. The van der Waals surface area contributed by atoms with Crippen molar-refractivity contribution in [1.29, 1.82) is 0 Å². The maximum atomic E-state index is 6.46. The lowest BCUT2D eigenvalue weighted by Gasteiger charge is -2.42. The SMILES string of the molecule is CC1=C(N(C)C)NC(N)(C2CCC(N)CC2)N=C1. The number of hydrogen-bond donors (Lipinski definition) is 3. The minimum atomic E-state index is -0.667. The molecule has 0 aromatic carbocycles. The molecule has 5 N–H and O–H groups in total. The Kier molecular flexibility index (Phi) is 3.64. The van der Waals surface area contributed by atoms with E-state index in [0.717, 1.165) is 37.1 Å². The third kappa shape index (κ3) is 2.52. The largest absolute Gasteiger partial charge is 0.364 e. The maximum Gasteiger partial charge on any atom is 0.186 e. The van der Waals surface area contributed by atoms with Crippen LogP contribution in [0.4, 0.5) is 0 Å². The standard InChI is InChI=1S/C13H25N5/c1-9-8-16-13(15,17-12(9)18(2)3)10-4-6-11(14)7-5-10/h8,10-11,17H,4-7,14-15H2,1-3H3. The Morgan fingerprint density at radius 2 is 1.94 bits per heavy atom. The number of aliphatic imine (C=N–C) groups is 1. The quantitative estimate of drug-likeness (QED) is 0.671. The molecule has 1 unspecified atom stereocenters. The Labute approximate surface area is 109 Å². The summed E-state index contributed by atoms with van der Waals surface area (Å²) in [5.74, 6) is 0.748. The van der Waals surface area contributed by atoms with Gasteiger partial charge in [-0.3, -0.25) is 10.7 Å². The van der Waals surface area contributed by atoms with Gasteiger partial charge in [0.2, 0.25) is 0 Å². The van der Waals surface area contributed by atoms with Crippen LogP contribution in [-0.2, 0) is 0 Å². The first-order valence-electron chi connectivity index (χ1n) is 6.68. The molecule has 1 aliphatic carbocycles. The predicted octanol–water partition coefficient (Wildman–Crippen LogP) is 0.584. The van der Waals surface area contributed by atoms with Crippen molar-refractivity contribution in [2.45, 2.75) is 44.4 Å². The number of allylic oxidation sites excluding steroid dienone is 1. The van der Waals surface area contributed by atoms with Gasteiger partial charge in [-0.15, -0.1) is 0 Å². The molecule has 0 aromatic heterocycles. The Balaban J connectivity index is 2.12. The van der Waals surface area contributed by atoms with E-state index in [1.54, 1.807) is 0 Å². The highest BCUT2D eigenvalue weighted by molar-refractivity contribution is 5.80. The van der Waals surface area contributed by atoms with Gasteiger partial charge in [-0.05, 0) is 32.6 Å². The molecule has 1 fully saturated rings. The highest BCUT2D eigenvalue weighted by Gasteiger charge is 2.38. The molecule has 1 aliphatic heterocycles. The molecule has 5 nitrogen and oxygen atoms in total. The van der Waals surface area contributed by atoms with Crippen LogP contribution in [0.2, 0.25) is 0 Å². The molecule has 0 bridgehead atoms. The van der Waals surface area contributed by atoms with Gasteiger partial charge >= 0.3 is 0 Å². The van der Waals surface area contributed by atoms with Gasteiger partial charge in [0.1, 0.15) is 5.82 Å². The third-order valence-corrected chi connectivity index (χ3v) is 4.01. The summed E-state index contributed by atoms with van der Waals surface area (Å²) in [6.07, 6.45) is 6.06. The predicted molar refractivity (Wildman–Crippen MR) is 74.9 cm³/mol. The lowest BCUT2D eigenvalue weighted by atomic mass is 9.81. The summed E-state index contributed by atoms with van der Waals surface area (Å²) in [7, 11) is 4.03. The van der Waals surface area contributed by atoms with Crippen LogP contribution < -0.4 is 16.8 Å². The fraction of sp³-hybridized carbons (Fsp3) is 0.769. The second-order valence-electron chi connectivity index (χ2n) is 5.75. The van der Waals surface area contributed by atoms with E-state index in [0.29, 0.717) is 12.0 Å². The molecule has 0 aromatic rings. The van der Waals surface area contributed by atoms with E-state index >= 15 is 0 Å². The van der Waals surface area contributed by atoms with Crippen LogP contribution in [0.25, 0.3) is 0 Å². The monoisotopic (exact) mass is 251 g/mol. The van der Waals surface area contributed by atoms with Crippen LogP contribution in [0.1, 0.15) is 32.6 Å². The summed E-state index contributed by atoms with van der Waals surface area (Å²) in [5.41, 5.74) is 13.5. The Hall–Kier alpha value is -1.07. The van der Waals surface area contributed by atoms with E-state index in [4.69, 9.17) is 11.5 Å². The smallest absolute Gasteiger partial charge is 0.186 e. The summed E-state index contributed by atoms with van der Waals surface area (Å²) in [5, 5.41) is 3.41. The average Bonchev–Trinajstić information content (AvgIpc) is 2.33. The molecule has 0 saturated heterocycles. The third-order valence-electron chi connectivity index (χ3n) is 4.01. The summed E-state index contributed by atoms with van der Waals surface area (Å²) >= 11 is 0. The number of nitrogens with two attached hydrogens (primary N) is 2. The van der Waals surface area contributed by atoms with Gasteiger partial charge < -0.3 is 16.0 Å². The van der Waals surface area contributed by atoms with Crippen molar-refractivity contribution >= 4 is 6.21 Å². The average molecular weight is 251 g/mol. The highest BCUT2D eigenvalue weighted by atomic mass is 15.4. The zero-order valence-corrected chi connectivity index (χ0v) is 11.6. The Morgan fingerprint density at radius 1 is 1.33 bits per heavy atom. The Bertz CT molecular complexity index is 366. The molecule has 0 radical (unpaired) electrons. The van der Waals surface area contributed by atoms with Gasteiger partial charge in [0, 0.05) is 37.8 Å². The van der Waals surface area contributed by atoms with Crippen LogP contribution >= 0.6 is 0 Å². The van der Waals surface area contributed by atoms with Crippen LogP contribution in [0, 0.1) is 5.92 Å². The van der Waals surface area contributed by atoms with Crippen molar-refractivity contribution in [2.24, 2.45) is 22.4 Å². The molecular formula is C13H25N5. The summed E-state index contributed by atoms with van der Waals surface area (Å²) in [6.45, 7) is 2.04. The van der Waals surface area contributed by atoms with E-state index in [1.165, 1.54) is 0 Å². The topological polar surface area (TPSA) is 79.7 Å². The van der Waals surface area contributed by atoms with Gasteiger partial charge in [0.15, 0.2) is 5.79 Å². The maximum absolute atomic E-state index is 6.46. The Morgan fingerprint density at radius 3 is 2.50 bits per heavy atom. The van der Waals surface area contributed by atoms with Crippen molar-refractivity contribution < 1.29 is 0 Å². The molecule has 18 heavy (non-hydrogen) atoms. The number of hydrogen-bond acceptors (Lipinski definition) is 5. The molecule has 1 saturated carbocycles. The van der Waals surface area contributed by atoms with Gasteiger partial charge in [0.05, 0.1) is 0 Å². The van der Waals surface area contributed by atoms with E-state index in [-0.39, 0.29) is 0 Å². The minimum absolute atomic E-state index is 0.336. The van der Waals surface area contributed by atoms with E-state index in [1.807, 2.05) is 27.2 Å². The normalized spacial score (nSPS) is 36.5. The number of nitrogens with zero attached hydrogens (tertiary/aromatic N) is 2. The van der Waals surface area contributed by atoms with Gasteiger partial charge in [-0.1, -0.05) is 0 Å². The highest BCUT2D eigenvalue weighted by Crippen LogP contribution is 2.32. The van der Waals surface area contributed by atoms with Crippen LogP contribution in [0.5, 0.6) is 0 Å².